The Labute approximate surface area is 228 Å². The first-order valence-electron chi connectivity index (χ1n) is 12.1. The zero-order chi connectivity index (χ0) is 27.7. The minimum atomic E-state index is -1.06. The summed E-state index contributed by atoms with van der Waals surface area (Å²) < 4.78 is 5.56. The molecule has 39 heavy (non-hydrogen) atoms. The molecule has 0 saturated heterocycles. The van der Waals surface area contributed by atoms with Crippen molar-refractivity contribution in [2.24, 2.45) is 0 Å². The third-order valence-corrected chi connectivity index (χ3v) is 7.76. The number of carbonyl (C=O) groups excluding carboxylic acids is 2. The summed E-state index contributed by atoms with van der Waals surface area (Å²) in [6.45, 7) is 1.75. The van der Waals surface area contributed by atoms with E-state index in [-0.39, 0.29) is 17.7 Å². The van der Waals surface area contributed by atoms with Gasteiger partial charge in [0.2, 0.25) is 5.78 Å². The number of hydrogen-bond donors (Lipinski definition) is 2. The van der Waals surface area contributed by atoms with Crippen LogP contribution in [0, 0.1) is 6.92 Å². The lowest BCUT2D eigenvalue weighted by molar-refractivity contribution is -0.130. The van der Waals surface area contributed by atoms with Crippen molar-refractivity contribution in [2.45, 2.75) is 19.5 Å². The summed E-state index contributed by atoms with van der Waals surface area (Å²) in [4.78, 5) is 45.1. The Kier molecular flexibility index (Phi) is 7.00. The van der Waals surface area contributed by atoms with Gasteiger partial charge in [-0.2, -0.15) is 0 Å². The second kappa shape index (κ2) is 10.5. The summed E-state index contributed by atoms with van der Waals surface area (Å²) >= 11 is 1.20. The number of carbonyl (C=O) groups is 3. The molecule has 0 fully saturated rings. The number of rotatable bonds is 8. The average molecular weight is 541 g/mol. The van der Waals surface area contributed by atoms with Gasteiger partial charge < -0.3 is 19.8 Å². The zero-order valence-electron chi connectivity index (χ0n) is 21.1. The molecule has 0 aliphatic carbocycles. The van der Waals surface area contributed by atoms with E-state index in [1.54, 1.807) is 43.3 Å². The Morgan fingerprint density at radius 3 is 2.33 bits per heavy atom. The smallest absolute Gasteiger partial charge is 0.335 e. The van der Waals surface area contributed by atoms with Crippen LogP contribution < -0.4 is 4.74 Å². The number of para-hydroxylation sites is 1. The molecule has 196 valence electrons. The molecule has 1 aliphatic rings. The second-order valence-corrected chi connectivity index (χ2v) is 9.97. The number of ketones is 1. The van der Waals surface area contributed by atoms with Crippen LogP contribution in [-0.4, -0.2) is 44.9 Å². The van der Waals surface area contributed by atoms with E-state index in [0.29, 0.717) is 32.5 Å². The fraction of sp³-hybridized carbons (Fsp3) is 0.133. The number of carboxylic acids is 1. The van der Waals surface area contributed by atoms with Gasteiger partial charge in [-0.05, 0) is 30.7 Å². The number of Topliss-reactive ketones (excluding diaryl/α,β-unsaturated/α-hetero) is 1. The number of benzene rings is 3. The number of aliphatic hydroxyl groups is 1. The predicted molar refractivity (Wildman–Crippen MR) is 146 cm³/mol. The summed E-state index contributed by atoms with van der Waals surface area (Å²) in [5.41, 5.74) is 2.58. The Balaban J connectivity index is 1.58. The molecular weight excluding hydrogens is 516 g/mol. The first kappa shape index (κ1) is 25.9. The van der Waals surface area contributed by atoms with Gasteiger partial charge >= 0.3 is 5.97 Å². The topological polar surface area (TPSA) is 117 Å². The van der Waals surface area contributed by atoms with Gasteiger partial charge in [0.15, 0.2) is 5.76 Å². The molecular formula is C30H24N2O6S. The number of aromatic nitrogens is 1. The molecule has 0 saturated carbocycles. The number of aromatic carboxylic acids is 1. The molecule has 3 aromatic carbocycles. The molecule has 4 aromatic rings. The van der Waals surface area contributed by atoms with Gasteiger partial charge in [-0.15, -0.1) is 11.3 Å². The summed E-state index contributed by atoms with van der Waals surface area (Å²) in [6.07, 6.45) is 0. The summed E-state index contributed by atoms with van der Waals surface area (Å²) in [5, 5.41) is 21.0. The van der Waals surface area contributed by atoms with E-state index in [1.165, 1.54) is 35.5 Å². The van der Waals surface area contributed by atoms with Crippen LogP contribution >= 0.6 is 11.3 Å². The lowest BCUT2D eigenvalue weighted by Gasteiger charge is -2.28. The highest BCUT2D eigenvalue weighted by atomic mass is 32.1. The van der Waals surface area contributed by atoms with E-state index in [2.05, 4.69) is 4.98 Å². The summed E-state index contributed by atoms with van der Waals surface area (Å²) in [6, 6.07) is 21.6. The quantitative estimate of drug-likeness (QED) is 0.279. The largest absolute Gasteiger partial charge is 0.503 e. The molecule has 2 N–H and O–H groups in total. The maximum Gasteiger partial charge on any atom is 0.335 e. The van der Waals surface area contributed by atoms with Crippen LogP contribution in [-0.2, 0) is 11.3 Å². The fourth-order valence-corrected chi connectivity index (χ4v) is 5.67. The standard InChI is InChI=1S/C30H24N2O6S/c1-17-27(39-28(31-17)19-8-4-3-5-9-19)25(33)23-24(21-10-6-7-11-22(21)38-2)32(29(35)26(23)34)16-18-12-14-20(15-13-18)30(36)37/h3-15,24,34H,16H2,1-2H3,(H,36,37). The van der Waals surface area contributed by atoms with Crippen molar-refractivity contribution in [3.05, 3.63) is 117 Å². The fourth-order valence-electron chi connectivity index (χ4n) is 4.65. The monoisotopic (exact) mass is 540 g/mol. The van der Waals surface area contributed by atoms with Crippen molar-refractivity contribution in [3.8, 4) is 16.3 Å². The van der Waals surface area contributed by atoms with Gasteiger partial charge in [0, 0.05) is 17.7 Å². The van der Waals surface area contributed by atoms with Gasteiger partial charge in [-0.1, -0.05) is 60.7 Å². The average Bonchev–Trinajstić information content (AvgIpc) is 3.46. The molecule has 1 unspecified atom stereocenters. The first-order valence-corrected chi connectivity index (χ1v) is 12.9. The molecule has 5 rings (SSSR count). The number of hydrogen-bond acceptors (Lipinski definition) is 7. The predicted octanol–water partition coefficient (Wildman–Crippen LogP) is 5.60. The van der Waals surface area contributed by atoms with E-state index < -0.39 is 29.5 Å². The SMILES string of the molecule is COc1ccccc1C1C(C(=O)c2sc(-c3ccccc3)nc2C)=C(O)C(=O)N1Cc1ccc(C(=O)O)cc1. The molecule has 8 nitrogen and oxygen atoms in total. The van der Waals surface area contributed by atoms with E-state index in [4.69, 9.17) is 4.74 Å². The minimum absolute atomic E-state index is 0.0270. The molecule has 0 spiro atoms. The van der Waals surface area contributed by atoms with Crippen molar-refractivity contribution in [1.29, 1.82) is 0 Å². The van der Waals surface area contributed by atoms with E-state index in [1.807, 2.05) is 30.3 Å². The second-order valence-electron chi connectivity index (χ2n) is 8.97. The highest BCUT2D eigenvalue weighted by Gasteiger charge is 2.45. The van der Waals surface area contributed by atoms with Crippen LogP contribution in [0.25, 0.3) is 10.6 Å². The zero-order valence-corrected chi connectivity index (χ0v) is 21.9. The number of methoxy groups -OCH3 is 1. The van der Waals surface area contributed by atoms with Gasteiger partial charge in [0.05, 0.1) is 34.9 Å². The normalized spacial score (nSPS) is 15.1. The van der Waals surface area contributed by atoms with Crippen molar-refractivity contribution in [2.75, 3.05) is 7.11 Å². The Bertz CT molecular complexity index is 1610. The maximum absolute atomic E-state index is 14.0. The van der Waals surface area contributed by atoms with Crippen molar-refractivity contribution in [3.63, 3.8) is 0 Å². The highest BCUT2D eigenvalue weighted by molar-refractivity contribution is 7.17. The van der Waals surface area contributed by atoms with Crippen molar-refractivity contribution < 1.29 is 29.3 Å². The molecule has 1 atom stereocenters. The molecule has 1 aromatic heterocycles. The number of carboxylic acid groups (broad SMARTS) is 1. The number of aliphatic hydroxyl groups excluding tert-OH is 1. The number of nitrogens with zero attached hydrogens (tertiary/aromatic N) is 2. The Hall–Kier alpha value is -4.76. The van der Waals surface area contributed by atoms with Gasteiger partial charge in [0.1, 0.15) is 10.8 Å². The van der Waals surface area contributed by atoms with Crippen molar-refractivity contribution in [1.82, 2.24) is 9.88 Å². The number of aryl methyl sites for hydroxylation is 1. The molecule has 2 heterocycles. The third-order valence-electron chi connectivity index (χ3n) is 6.56. The van der Waals surface area contributed by atoms with Crippen LogP contribution in [0.1, 0.15) is 42.9 Å². The van der Waals surface area contributed by atoms with Gasteiger partial charge in [0.25, 0.3) is 5.91 Å². The van der Waals surface area contributed by atoms with Crippen LogP contribution in [0.3, 0.4) is 0 Å². The molecule has 1 amide bonds. The highest BCUT2D eigenvalue weighted by Crippen LogP contribution is 2.44. The lowest BCUT2D eigenvalue weighted by atomic mass is 9.94. The van der Waals surface area contributed by atoms with Crippen LogP contribution in [0.5, 0.6) is 5.75 Å². The van der Waals surface area contributed by atoms with Crippen LogP contribution in [0.15, 0.2) is 90.2 Å². The van der Waals surface area contributed by atoms with Crippen molar-refractivity contribution >= 4 is 29.0 Å². The Morgan fingerprint density at radius 1 is 1.00 bits per heavy atom. The van der Waals surface area contributed by atoms with Gasteiger partial charge in [-0.3, -0.25) is 9.59 Å². The number of thiazole rings is 1. The Morgan fingerprint density at radius 2 is 1.67 bits per heavy atom. The first-order chi connectivity index (χ1) is 18.8. The molecule has 1 aliphatic heterocycles. The maximum atomic E-state index is 14.0. The van der Waals surface area contributed by atoms with Crippen LogP contribution in [0.4, 0.5) is 0 Å². The minimum Gasteiger partial charge on any atom is -0.503 e. The number of amides is 1. The third kappa shape index (κ3) is 4.80. The number of ether oxygens (including phenoxy) is 1. The molecule has 9 heteroatoms. The summed E-state index contributed by atoms with van der Waals surface area (Å²) in [5.74, 6) is -2.44. The molecule has 0 bridgehead atoms. The van der Waals surface area contributed by atoms with E-state index >= 15 is 0 Å². The molecule has 0 radical (unpaired) electrons. The van der Waals surface area contributed by atoms with Crippen LogP contribution in [0.2, 0.25) is 0 Å². The lowest BCUT2D eigenvalue weighted by Crippen LogP contribution is -2.31. The van der Waals surface area contributed by atoms with E-state index in [9.17, 15) is 24.6 Å². The van der Waals surface area contributed by atoms with Gasteiger partial charge in [-0.25, -0.2) is 9.78 Å². The summed E-state index contributed by atoms with van der Waals surface area (Å²) in [7, 11) is 1.50. The van der Waals surface area contributed by atoms with E-state index in [0.717, 1.165) is 5.56 Å².